The van der Waals surface area contributed by atoms with Crippen LogP contribution in [0.25, 0.3) is 0 Å². The third kappa shape index (κ3) is 2.69. The minimum absolute atomic E-state index is 0.206. The first-order chi connectivity index (χ1) is 6.66. The summed E-state index contributed by atoms with van der Waals surface area (Å²) in [7, 11) is 0. The highest BCUT2D eigenvalue weighted by atomic mass is 35.5. The van der Waals surface area contributed by atoms with Crippen molar-refractivity contribution in [3.05, 3.63) is 11.6 Å². The SMILES string of the molecule is CCOCC(C(C)C)n1cnnc1Cl. The molecule has 1 heterocycles. The Labute approximate surface area is 89.2 Å². The van der Waals surface area contributed by atoms with Gasteiger partial charge in [0.25, 0.3) is 0 Å². The standard InChI is InChI=1S/C9H16ClN3O/c1-4-14-5-8(7(2)3)13-6-11-12-9(13)10/h6-8H,4-5H2,1-3H3. The molecule has 0 bridgehead atoms. The zero-order chi connectivity index (χ0) is 10.6. The Morgan fingerprint density at radius 1 is 1.57 bits per heavy atom. The first-order valence-electron chi connectivity index (χ1n) is 4.79. The molecule has 1 atom stereocenters. The van der Waals surface area contributed by atoms with Crippen molar-refractivity contribution in [2.24, 2.45) is 5.92 Å². The van der Waals surface area contributed by atoms with Crippen LogP contribution < -0.4 is 0 Å². The largest absolute Gasteiger partial charge is 0.380 e. The van der Waals surface area contributed by atoms with E-state index in [1.807, 2.05) is 11.5 Å². The molecular formula is C9H16ClN3O. The van der Waals surface area contributed by atoms with Crippen molar-refractivity contribution in [2.45, 2.75) is 26.8 Å². The van der Waals surface area contributed by atoms with Crippen LogP contribution in [0.4, 0.5) is 0 Å². The van der Waals surface area contributed by atoms with Crippen LogP contribution in [0.2, 0.25) is 5.28 Å². The summed E-state index contributed by atoms with van der Waals surface area (Å²) in [6.45, 7) is 7.58. The average molecular weight is 218 g/mol. The monoisotopic (exact) mass is 217 g/mol. The van der Waals surface area contributed by atoms with E-state index in [4.69, 9.17) is 16.3 Å². The smallest absolute Gasteiger partial charge is 0.225 e. The lowest BCUT2D eigenvalue weighted by Crippen LogP contribution is -2.20. The van der Waals surface area contributed by atoms with Gasteiger partial charge in [0, 0.05) is 6.61 Å². The maximum absolute atomic E-state index is 5.89. The predicted octanol–water partition coefficient (Wildman–Crippen LogP) is 2.17. The third-order valence-corrected chi connectivity index (χ3v) is 2.42. The number of halogens is 1. The van der Waals surface area contributed by atoms with Crippen LogP contribution in [0.5, 0.6) is 0 Å². The Morgan fingerprint density at radius 2 is 2.29 bits per heavy atom. The van der Waals surface area contributed by atoms with E-state index in [1.165, 1.54) is 0 Å². The van der Waals surface area contributed by atoms with Crippen molar-refractivity contribution in [3.63, 3.8) is 0 Å². The molecule has 0 saturated carbocycles. The third-order valence-electron chi connectivity index (χ3n) is 2.15. The van der Waals surface area contributed by atoms with E-state index in [2.05, 4.69) is 24.0 Å². The molecule has 0 aliphatic carbocycles. The second-order valence-corrected chi connectivity index (χ2v) is 3.82. The van der Waals surface area contributed by atoms with Crippen molar-refractivity contribution < 1.29 is 4.74 Å². The van der Waals surface area contributed by atoms with Gasteiger partial charge in [0.1, 0.15) is 6.33 Å². The molecule has 0 spiro atoms. The molecule has 5 heteroatoms. The summed E-state index contributed by atoms with van der Waals surface area (Å²) < 4.78 is 7.25. The Hall–Kier alpha value is -0.610. The van der Waals surface area contributed by atoms with E-state index < -0.39 is 0 Å². The first kappa shape index (κ1) is 11.5. The van der Waals surface area contributed by atoms with Crippen molar-refractivity contribution in [1.29, 1.82) is 0 Å². The van der Waals surface area contributed by atoms with Gasteiger partial charge in [-0.15, -0.1) is 10.2 Å². The van der Waals surface area contributed by atoms with Crippen LogP contribution in [-0.2, 0) is 4.74 Å². The molecule has 14 heavy (non-hydrogen) atoms. The average Bonchev–Trinajstić information content (AvgIpc) is 2.52. The highest BCUT2D eigenvalue weighted by Gasteiger charge is 2.18. The van der Waals surface area contributed by atoms with Gasteiger partial charge >= 0.3 is 0 Å². The number of rotatable bonds is 5. The summed E-state index contributed by atoms with van der Waals surface area (Å²) in [5.41, 5.74) is 0. The number of aromatic nitrogens is 3. The molecule has 0 N–H and O–H groups in total. The highest BCUT2D eigenvalue weighted by molar-refractivity contribution is 6.28. The van der Waals surface area contributed by atoms with Crippen LogP contribution in [0.15, 0.2) is 6.33 Å². The van der Waals surface area contributed by atoms with E-state index >= 15 is 0 Å². The first-order valence-corrected chi connectivity index (χ1v) is 5.17. The molecule has 0 amide bonds. The van der Waals surface area contributed by atoms with Crippen molar-refractivity contribution in [3.8, 4) is 0 Å². The van der Waals surface area contributed by atoms with E-state index in [-0.39, 0.29) is 6.04 Å². The lowest BCUT2D eigenvalue weighted by molar-refractivity contribution is 0.0964. The molecule has 0 aromatic carbocycles. The minimum atomic E-state index is 0.206. The number of ether oxygens (including phenoxy) is 1. The van der Waals surface area contributed by atoms with Crippen LogP contribution in [0.3, 0.4) is 0 Å². The zero-order valence-corrected chi connectivity index (χ0v) is 9.53. The lowest BCUT2D eigenvalue weighted by atomic mass is 10.1. The highest BCUT2D eigenvalue weighted by Crippen LogP contribution is 2.21. The summed E-state index contributed by atoms with van der Waals surface area (Å²) in [4.78, 5) is 0. The Balaban J connectivity index is 2.73. The van der Waals surface area contributed by atoms with Gasteiger partial charge in [0.05, 0.1) is 12.6 Å². The summed E-state index contributed by atoms with van der Waals surface area (Å²) in [5.74, 6) is 0.440. The van der Waals surface area contributed by atoms with Gasteiger partial charge in [0.15, 0.2) is 0 Å². The van der Waals surface area contributed by atoms with Gasteiger partial charge in [0.2, 0.25) is 5.28 Å². The van der Waals surface area contributed by atoms with Crippen molar-refractivity contribution in [2.75, 3.05) is 13.2 Å². The maximum atomic E-state index is 5.89. The number of hydrogen-bond donors (Lipinski definition) is 0. The second kappa shape index (κ2) is 5.32. The van der Waals surface area contributed by atoms with Crippen molar-refractivity contribution in [1.82, 2.24) is 14.8 Å². The topological polar surface area (TPSA) is 39.9 Å². The zero-order valence-electron chi connectivity index (χ0n) is 8.77. The Morgan fingerprint density at radius 3 is 2.71 bits per heavy atom. The molecular weight excluding hydrogens is 202 g/mol. The van der Waals surface area contributed by atoms with E-state index in [9.17, 15) is 0 Å². The molecule has 0 aliphatic rings. The summed E-state index contributed by atoms with van der Waals surface area (Å²) >= 11 is 5.89. The van der Waals surface area contributed by atoms with E-state index in [1.54, 1.807) is 6.33 Å². The van der Waals surface area contributed by atoms with Crippen LogP contribution >= 0.6 is 11.6 Å². The molecule has 1 aromatic heterocycles. The molecule has 0 fully saturated rings. The molecule has 4 nitrogen and oxygen atoms in total. The molecule has 0 aliphatic heterocycles. The van der Waals surface area contributed by atoms with Crippen LogP contribution in [0, 0.1) is 5.92 Å². The lowest BCUT2D eigenvalue weighted by Gasteiger charge is -2.21. The second-order valence-electron chi connectivity index (χ2n) is 3.48. The van der Waals surface area contributed by atoms with Gasteiger partial charge in [-0.05, 0) is 24.4 Å². The van der Waals surface area contributed by atoms with Crippen LogP contribution in [-0.4, -0.2) is 28.0 Å². The molecule has 80 valence electrons. The molecule has 1 rings (SSSR count). The van der Waals surface area contributed by atoms with Gasteiger partial charge < -0.3 is 4.74 Å². The number of nitrogens with zero attached hydrogens (tertiary/aromatic N) is 3. The summed E-state index contributed by atoms with van der Waals surface area (Å²) in [5, 5.41) is 7.93. The van der Waals surface area contributed by atoms with Gasteiger partial charge in [-0.3, -0.25) is 4.57 Å². The predicted molar refractivity (Wildman–Crippen MR) is 55.4 cm³/mol. The van der Waals surface area contributed by atoms with Gasteiger partial charge in [-0.1, -0.05) is 13.8 Å². The Bertz CT molecular complexity index is 275. The number of hydrogen-bond acceptors (Lipinski definition) is 3. The molecule has 0 saturated heterocycles. The molecule has 1 aromatic rings. The minimum Gasteiger partial charge on any atom is -0.380 e. The van der Waals surface area contributed by atoms with Gasteiger partial charge in [-0.2, -0.15) is 0 Å². The normalized spacial score (nSPS) is 13.5. The van der Waals surface area contributed by atoms with Gasteiger partial charge in [-0.25, -0.2) is 0 Å². The van der Waals surface area contributed by atoms with E-state index in [0.29, 0.717) is 24.4 Å². The fourth-order valence-electron chi connectivity index (χ4n) is 1.28. The van der Waals surface area contributed by atoms with Crippen molar-refractivity contribution >= 4 is 11.6 Å². The molecule has 0 radical (unpaired) electrons. The maximum Gasteiger partial charge on any atom is 0.225 e. The fraction of sp³-hybridized carbons (Fsp3) is 0.778. The van der Waals surface area contributed by atoms with E-state index in [0.717, 1.165) is 0 Å². The van der Waals surface area contributed by atoms with Crippen LogP contribution in [0.1, 0.15) is 26.8 Å². The quantitative estimate of drug-likeness (QED) is 0.759. The Kier molecular flexibility index (Phi) is 4.35. The molecule has 1 unspecified atom stereocenters. The summed E-state index contributed by atoms with van der Waals surface area (Å²) in [6.07, 6.45) is 1.64. The summed E-state index contributed by atoms with van der Waals surface area (Å²) in [6, 6.07) is 0.206. The fourth-order valence-corrected chi connectivity index (χ4v) is 1.50.